The number of aliphatic carboxylic acids is 4. The van der Waals surface area contributed by atoms with Gasteiger partial charge in [0.15, 0.2) is 0 Å². The van der Waals surface area contributed by atoms with Crippen LogP contribution < -0.4 is 10.6 Å². The summed E-state index contributed by atoms with van der Waals surface area (Å²) in [6.07, 6.45) is 1.69. The third kappa shape index (κ3) is 9.12. The maximum absolute atomic E-state index is 13.0. The molecule has 302 valence electrons. The number of aromatic amines is 2. The zero-order valence-corrected chi connectivity index (χ0v) is 32.4. The van der Waals surface area contributed by atoms with E-state index >= 15 is 0 Å². The topological polar surface area (TPSA) is 265 Å². The molecule has 2 unspecified atom stereocenters. The molecule has 0 saturated carbocycles. The lowest BCUT2D eigenvalue weighted by Crippen LogP contribution is -2.42. The first-order valence-corrected chi connectivity index (χ1v) is 18.3. The predicted octanol–water partition coefficient (Wildman–Crippen LogP) is 5.73. The van der Waals surface area contributed by atoms with Crippen LogP contribution in [0.3, 0.4) is 0 Å². The highest BCUT2D eigenvalue weighted by atomic mass is 16.4. The van der Waals surface area contributed by atoms with E-state index < -0.39 is 60.6 Å². The van der Waals surface area contributed by atoms with Gasteiger partial charge in [-0.2, -0.15) is 0 Å². The van der Waals surface area contributed by atoms with Gasteiger partial charge in [-0.15, -0.1) is 0 Å². The molecule has 8 bridgehead atoms. The monoisotopic (exact) mass is 792 g/mol. The molecule has 5 rings (SSSR count). The Bertz CT molecular complexity index is 2520. The highest BCUT2D eigenvalue weighted by Gasteiger charge is 2.27. The maximum atomic E-state index is 13.0. The van der Waals surface area contributed by atoms with Gasteiger partial charge in [-0.1, -0.05) is 25.3 Å². The molecule has 3 aromatic heterocycles. The highest BCUT2D eigenvalue weighted by Crippen LogP contribution is 2.38. The number of carbonyl (C=O) groups excluding carboxylic acids is 2. The number of allylic oxidation sites excluding steroid dienone is 4. The fourth-order valence-corrected chi connectivity index (χ4v) is 7.06. The van der Waals surface area contributed by atoms with Crippen LogP contribution >= 0.6 is 0 Å². The van der Waals surface area contributed by atoms with Gasteiger partial charge >= 0.3 is 23.9 Å². The number of aromatic nitrogens is 4. The van der Waals surface area contributed by atoms with Crippen LogP contribution in [0.4, 0.5) is 0 Å². The quantitative estimate of drug-likeness (QED) is 0.0865. The number of rotatable bonds is 16. The van der Waals surface area contributed by atoms with E-state index in [0.717, 1.165) is 44.4 Å². The zero-order valence-electron chi connectivity index (χ0n) is 32.4. The molecule has 16 nitrogen and oxygen atoms in total. The van der Waals surface area contributed by atoms with Crippen molar-refractivity contribution in [2.24, 2.45) is 0 Å². The van der Waals surface area contributed by atoms with Crippen LogP contribution in [0.15, 0.2) is 37.4 Å². The van der Waals surface area contributed by atoms with E-state index in [9.17, 15) is 39.0 Å². The van der Waals surface area contributed by atoms with Crippen molar-refractivity contribution in [3.05, 3.63) is 82.5 Å². The predicted molar refractivity (Wildman–Crippen MR) is 218 cm³/mol. The van der Waals surface area contributed by atoms with E-state index in [1.165, 1.54) is 0 Å². The number of carboxylic acid groups (broad SMARTS) is 4. The van der Waals surface area contributed by atoms with Gasteiger partial charge in [0.25, 0.3) is 0 Å². The van der Waals surface area contributed by atoms with Gasteiger partial charge in [-0.25, -0.2) is 19.6 Å². The number of carbonyl (C=O) groups is 6. The van der Waals surface area contributed by atoms with E-state index in [4.69, 9.17) is 20.2 Å². The molecule has 3 aromatic rings. The summed E-state index contributed by atoms with van der Waals surface area (Å²) in [7, 11) is 0. The number of nitrogens with zero attached hydrogens (tertiary/aromatic N) is 2. The summed E-state index contributed by atoms with van der Waals surface area (Å²) in [4.78, 5) is 88.7. The molecular weight excluding hydrogens is 748 g/mol. The fourth-order valence-electron chi connectivity index (χ4n) is 7.06. The lowest BCUT2D eigenvalue weighted by atomic mass is 9.98. The molecule has 0 fully saturated rings. The van der Waals surface area contributed by atoms with E-state index in [2.05, 4.69) is 33.8 Å². The molecule has 2 aliphatic rings. The van der Waals surface area contributed by atoms with Crippen molar-refractivity contribution in [2.45, 2.75) is 78.3 Å². The third-order valence-corrected chi connectivity index (χ3v) is 10.3. The largest absolute Gasteiger partial charge is 0.481 e. The first-order chi connectivity index (χ1) is 27.4. The second-order valence-electron chi connectivity index (χ2n) is 14.1. The number of nitrogens with one attached hydrogen (secondary N) is 4. The van der Waals surface area contributed by atoms with Gasteiger partial charge in [0.05, 0.1) is 35.6 Å². The summed E-state index contributed by atoms with van der Waals surface area (Å²) in [6.45, 7) is 15.7. The minimum Gasteiger partial charge on any atom is -0.481 e. The number of amides is 2. The molecule has 0 saturated heterocycles. The molecular formula is C42H44N6O10. The first-order valence-electron chi connectivity index (χ1n) is 18.3. The Morgan fingerprint density at radius 3 is 1.36 bits per heavy atom. The normalized spacial score (nSPS) is 13.4. The van der Waals surface area contributed by atoms with Gasteiger partial charge in [0.1, 0.15) is 12.1 Å². The van der Waals surface area contributed by atoms with Crippen molar-refractivity contribution in [1.82, 2.24) is 30.6 Å². The van der Waals surface area contributed by atoms with Crippen LogP contribution in [0, 0.1) is 13.8 Å². The number of carboxylic acids is 4. The average Bonchev–Trinajstić information content (AvgIpc) is 3.81. The van der Waals surface area contributed by atoms with Crippen LogP contribution in [0.2, 0.25) is 0 Å². The Morgan fingerprint density at radius 2 is 0.983 bits per heavy atom. The molecule has 0 radical (unpaired) electrons. The maximum Gasteiger partial charge on any atom is 0.326 e. The Balaban J connectivity index is 1.70. The Kier molecular flexibility index (Phi) is 12.6. The van der Waals surface area contributed by atoms with Gasteiger partial charge in [-0.3, -0.25) is 19.2 Å². The van der Waals surface area contributed by atoms with Crippen molar-refractivity contribution in [3.8, 4) is 0 Å². The number of H-pyrrole nitrogens is 2. The van der Waals surface area contributed by atoms with Gasteiger partial charge in [-0.05, 0) is 98.2 Å². The summed E-state index contributed by atoms with van der Waals surface area (Å²) in [5.41, 5.74) is 11.3. The lowest BCUT2D eigenvalue weighted by molar-refractivity contribution is -0.147. The minimum atomic E-state index is -1.62. The Morgan fingerprint density at radius 1 is 0.603 bits per heavy atom. The molecule has 5 heterocycles. The van der Waals surface area contributed by atoms with E-state index in [0.29, 0.717) is 45.0 Å². The molecule has 0 spiro atoms. The number of aryl methyl sites for hydroxylation is 2. The summed E-state index contributed by atoms with van der Waals surface area (Å²) >= 11 is 0. The SMILES string of the molecule is C=Cc1c(C)c2cc3[nH]c(cc4nc(cc5nc(cc1[nH]2)C(C)=C5CCC(=O)NC(CC(=O)O)C(=O)O)C(CCC(=O)NC(CC(=O)O)C(=O)O)=C4C)c(C)c3C=C. The van der Waals surface area contributed by atoms with Crippen molar-refractivity contribution >= 4 is 92.2 Å². The molecule has 0 aliphatic carbocycles. The molecule has 2 aliphatic heterocycles. The number of hydrogen-bond donors (Lipinski definition) is 8. The molecule has 58 heavy (non-hydrogen) atoms. The fraction of sp³-hybridized carbons (Fsp3) is 0.286. The smallest absolute Gasteiger partial charge is 0.326 e. The summed E-state index contributed by atoms with van der Waals surface area (Å²) in [5.74, 6) is -7.07. The minimum absolute atomic E-state index is 0.0892. The standard InChI is InChI=1S/C42H44N6O10/c1-7-23-19(3)27-13-28-21(5)25(9-11-37(49)47-35(41(55)56)17-39(51)52)33(45-28)16-34-26(10-12-38(50)48-36(42(57)58)18-40(53)54)22(6)30(46-34)15-32-24(8-2)20(4)29(44-32)14-31(23)43-27/h7-8,13-16,35-36,43-44H,1-2,9-12,17-18H2,3-6H3,(H,47,49)(H,48,50)(H,51,52)(H,53,54)(H,55,56)(H,57,58). The van der Waals surface area contributed by atoms with Crippen LogP contribution in [0.25, 0.3) is 56.5 Å². The van der Waals surface area contributed by atoms with Gasteiger partial charge in [0.2, 0.25) is 11.8 Å². The second kappa shape index (κ2) is 17.4. The molecule has 2 amide bonds. The van der Waals surface area contributed by atoms with Crippen LogP contribution in [-0.2, 0) is 28.8 Å². The highest BCUT2D eigenvalue weighted by molar-refractivity contribution is 5.98. The van der Waals surface area contributed by atoms with E-state index in [1.807, 2.05) is 45.9 Å². The third-order valence-electron chi connectivity index (χ3n) is 10.3. The summed E-state index contributed by atoms with van der Waals surface area (Å²) in [6, 6.07) is 4.20. The number of hydrogen-bond acceptors (Lipinski definition) is 8. The van der Waals surface area contributed by atoms with Gasteiger partial charge in [0, 0.05) is 46.0 Å². The molecule has 8 N–H and O–H groups in total. The molecule has 0 aromatic carbocycles. The first kappa shape index (κ1) is 42.1. The summed E-state index contributed by atoms with van der Waals surface area (Å²) < 4.78 is 0. The van der Waals surface area contributed by atoms with E-state index in [1.54, 1.807) is 18.2 Å². The number of fused-ring (bicyclic) bond motifs is 8. The van der Waals surface area contributed by atoms with Crippen LogP contribution in [0.1, 0.15) is 97.4 Å². The van der Waals surface area contributed by atoms with Gasteiger partial charge < -0.3 is 41.0 Å². The van der Waals surface area contributed by atoms with Crippen LogP contribution in [-0.4, -0.2) is 88.1 Å². The Hall–Kier alpha value is -7.10. The summed E-state index contributed by atoms with van der Waals surface area (Å²) in [5, 5.41) is 41.8. The van der Waals surface area contributed by atoms with Crippen LogP contribution in [0.5, 0.6) is 0 Å². The average molecular weight is 793 g/mol. The lowest BCUT2D eigenvalue weighted by Gasteiger charge is -2.13. The Labute approximate surface area is 332 Å². The van der Waals surface area contributed by atoms with Crippen molar-refractivity contribution in [1.29, 1.82) is 0 Å². The zero-order chi connectivity index (χ0) is 42.6. The van der Waals surface area contributed by atoms with Crippen molar-refractivity contribution in [3.63, 3.8) is 0 Å². The molecule has 16 heteroatoms. The van der Waals surface area contributed by atoms with Crippen molar-refractivity contribution < 1.29 is 49.2 Å². The second-order valence-corrected chi connectivity index (χ2v) is 14.1. The van der Waals surface area contributed by atoms with E-state index in [-0.39, 0.29) is 25.7 Å². The molecule has 2 atom stereocenters. The van der Waals surface area contributed by atoms with Crippen molar-refractivity contribution in [2.75, 3.05) is 0 Å².